The fourth-order valence-electron chi connectivity index (χ4n) is 0. The van der Waals surface area contributed by atoms with Gasteiger partial charge in [0.05, 0.1) is 0 Å². The summed E-state index contributed by atoms with van der Waals surface area (Å²) in [7, 11) is 0. The predicted octanol–water partition coefficient (Wildman–Crippen LogP) is 0.811. The van der Waals surface area contributed by atoms with Gasteiger partial charge in [-0.25, -0.2) is 0 Å². The average Bonchev–Trinajstić information content (AvgIpc) is 0.918. The third kappa shape index (κ3) is 18.2. The standard InChI is InChI=1S/C3H6.In/c1-3-2;/h3H,1H2,2H3;. The van der Waals surface area contributed by atoms with Crippen molar-refractivity contribution in [1.29, 1.82) is 0 Å². The second-order valence-corrected chi connectivity index (χ2v) is 0.408. The van der Waals surface area contributed by atoms with Crippen molar-refractivity contribution in [3.05, 3.63) is 12.7 Å². The summed E-state index contributed by atoms with van der Waals surface area (Å²) in [5, 5.41) is 0. The van der Waals surface area contributed by atoms with Crippen molar-refractivity contribution in [2.24, 2.45) is 0 Å². The summed E-state index contributed by atoms with van der Waals surface area (Å²) in [6.45, 7) is 5.25. The Morgan fingerprint density at radius 3 is 1.75 bits per heavy atom. The maximum atomic E-state index is 3.36. The van der Waals surface area contributed by atoms with Crippen LogP contribution in [0.15, 0.2) is 12.7 Å². The van der Waals surface area contributed by atoms with E-state index in [4.69, 9.17) is 0 Å². The van der Waals surface area contributed by atoms with E-state index < -0.39 is 0 Å². The molecule has 0 heterocycles. The molecule has 0 aromatic rings. The van der Waals surface area contributed by atoms with Gasteiger partial charge in [0.1, 0.15) is 0 Å². The summed E-state index contributed by atoms with van der Waals surface area (Å²) >= 11 is 0. The zero-order valence-corrected chi connectivity index (χ0v) is 6.16. The van der Waals surface area contributed by atoms with E-state index in [1.165, 1.54) is 0 Å². The molecule has 0 unspecified atom stereocenters. The Kier molecular flexibility index (Phi) is 20.9. The number of hydrogen-bond donors (Lipinski definition) is 0. The maximum absolute atomic E-state index is 3.36. The van der Waals surface area contributed by atoms with Crippen molar-refractivity contribution in [2.75, 3.05) is 0 Å². The van der Waals surface area contributed by atoms with Crippen LogP contribution in [0.2, 0.25) is 0 Å². The SMILES string of the molecule is C=CC.[In]. The molecule has 0 fully saturated rings. The minimum atomic E-state index is 0. The van der Waals surface area contributed by atoms with Crippen LogP contribution in [0.5, 0.6) is 0 Å². The van der Waals surface area contributed by atoms with Gasteiger partial charge in [0.15, 0.2) is 0 Å². The molecule has 0 aliphatic heterocycles. The summed E-state index contributed by atoms with van der Waals surface area (Å²) in [5.74, 6) is 0. The molecule has 0 amide bonds. The second-order valence-electron chi connectivity index (χ2n) is 0.408. The van der Waals surface area contributed by atoms with Gasteiger partial charge in [-0.1, -0.05) is 6.08 Å². The van der Waals surface area contributed by atoms with Crippen LogP contribution in [0, 0.1) is 0 Å². The molecule has 21 valence electrons. The quantitative estimate of drug-likeness (QED) is 0.456. The molecule has 0 saturated carbocycles. The minimum Gasteiger partial charge on any atom is -0.103 e. The number of allylic oxidation sites excluding steroid dienone is 1. The van der Waals surface area contributed by atoms with Gasteiger partial charge in [0, 0.05) is 25.8 Å². The van der Waals surface area contributed by atoms with E-state index in [0.717, 1.165) is 0 Å². The Morgan fingerprint density at radius 2 is 1.75 bits per heavy atom. The Hall–Kier alpha value is 0.610. The first-order valence-electron chi connectivity index (χ1n) is 0.986. The number of rotatable bonds is 0. The molecule has 0 aromatic carbocycles. The summed E-state index contributed by atoms with van der Waals surface area (Å²) < 4.78 is 0. The molecule has 0 rings (SSSR count). The van der Waals surface area contributed by atoms with E-state index >= 15 is 0 Å². The van der Waals surface area contributed by atoms with Crippen molar-refractivity contribution in [2.45, 2.75) is 6.92 Å². The molecule has 0 spiro atoms. The topological polar surface area (TPSA) is 0 Å². The van der Waals surface area contributed by atoms with Crippen LogP contribution in [0.25, 0.3) is 0 Å². The van der Waals surface area contributed by atoms with Crippen molar-refractivity contribution in [3.63, 3.8) is 0 Å². The van der Waals surface area contributed by atoms with Gasteiger partial charge < -0.3 is 0 Å². The van der Waals surface area contributed by atoms with Gasteiger partial charge in [-0.2, -0.15) is 0 Å². The van der Waals surface area contributed by atoms with E-state index in [1.54, 1.807) is 6.08 Å². The molecule has 0 saturated heterocycles. The zero-order valence-electron chi connectivity index (χ0n) is 2.86. The molecule has 3 radical (unpaired) electrons. The van der Waals surface area contributed by atoms with Crippen LogP contribution >= 0.6 is 0 Å². The van der Waals surface area contributed by atoms with Crippen molar-refractivity contribution < 1.29 is 0 Å². The van der Waals surface area contributed by atoms with E-state index in [0.29, 0.717) is 0 Å². The average molecular weight is 157 g/mol. The molecular formula is C3H6In. The fraction of sp³-hybridized carbons (Fsp3) is 0.333. The third-order valence-electron chi connectivity index (χ3n) is 0. The zero-order chi connectivity index (χ0) is 2.71. The third-order valence-corrected chi connectivity index (χ3v) is 0. The molecular weight excluding hydrogens is 151 g/mol. The molecule has 0 atom stereocenters. The van der Waals surface area contributed by atoms with Crippen LogP contribution in [0.4, 0.5) is 0 Å². The van der Waals surface area contributed by atoms with Crippen molar-refractivity contribution in [3.8, 4) is 0 Å². The first kappa shape index (κ1) is 8.82. The molecule has 0 aromatic heterocycles. The van der Waals surface area contributed by atoms with E-state index in [9.17, 15) is 0 Å². The largest absolute Gasteiger partial charge is 0.103 e. The maximum Gasteiger partial charge on any atom is 0 e. The van der Waals surface area contributed by atoms with Gasteiger partial charge in [0.2, 0.25) is 0 Å². The molecule has 1 heteroatoms. The van der Waals surface area contributed by atoms with Crippen molar-refractivity contribution in [1.82, 2.24) is 0 Å². The monoisotopic (exact) mass is 157 g/mol. The van der Waals surface area contributed by atoms with Crippen LogP contribution in [0.1, 0.15) is 6.92 Å². The van der Waals surface area contributed by atoms with Crippen molar-refractivity contribution >= 4 is 25.8 Å². The van der Waals surface area contributed by atoms with Crippen LogP contribution in [-0.2, 0) is 0 Å². The molecule has 0 nitrogen and oxygen atoms in total. The Bertz CT molecular complexity index is 10.8. The summed E-state index contributed by atoms with van der Waals surface area (Å²) in [6, 6.07) is 0. The van der Waals surface area contributed by atoms with Crippen LogP contribution in [-0.4, -0.2) is 25.8 Å². The second kappa shape index (κ2) is 9.49. The first-order chi connectivity index (χ1) is 1.41. The van der Waals surface area contributed by atoms with Gasteiger partial charge in [-0.15, -0.1) is 6.58 Å². The number of hydrogen-bond acceptors (Lipinski definition) is 0. The molecule has 0 aliphatic carbocycles. The molecule has 0 bridgehead atoms. The first-order valence-corrected chi connectivity index (χ1v) is 0.986. The normalized spacial score (nSPS) is 3.25. The van der Waals surface area contributed by atoms with Crippen LogP contribution in [0.3, 0.4) is 0 Å². The molecule has 4 heavy (non-hydrogen) atoms. The van der Waals surface area contributed by atoms with E-state index in [2.05, 4.69) is 6.58 Å². The smallest absolute Gasteiger partial charge is 0 e. The Morgan fingerprint density at radius 1 is 1.75 bits per heavy atom. The Balaban J connectivity index is 0. The summed E-state index contributed by atoms with van der Waals surface area (Å²) in [5.41, 5.74) is 0. The van der Waals surface area contributed by atoms with Gasteiger partial charge in [0.25, 0.3) is 0 Å². The van der Waals surface area contributed by atoms with E-state index in [-0.39, 0.29) is 25.8 Å². The fourth-order valence-corrected chi connectivity index (χ4v) is 0. The summed E-state index contributed by atoms with van der Waals surface area (Å²) in [6.07, 6.45) is 1.75. The predicted molar refractivity (Wildman–Crippen MR) is 21.6 cm³/mol. The van der Waals surface area contributed by atoms with Gasteiger partial charge in [-0.05, 0) is 6.92 Å². The molecule has 0 N–H and O–H groups in total. The Labute approximate surface area is 45.7 Å². The van der Waals surface area contributed by atoms with Gasteiger partial charge >= 0.3 is 0 Å². The van der Waals surface area contributed by atoms with Gasteiger partial charge in [-0.3, -0.25) is 0 Å². The van der Waals surface area contributed by atoms with Crippen LogP contribution < -0.4 is 0 Å². The minimum absolute atomic E-state index is 0. The molecule has 0 aliphatic rings. The van der Waals surface area contributed by atoms with E-state index in [1.807, 2.05) is 6.92 Å². The summed E-state index contributed by atoms with van der Waals surface area (Å²) in [4.78, 5) is 0.